The van der Waals surface area contributed by atoms with Crippen LogP contribution in [0.15, 0.2) is 36.9 Å². The van der Waals surface area contributed by atoms with E-state index < -0.39 is 8.11 Å². The molecule has 0 aliphatic heterocycles. The van der Waals surface area contributed by atoms with E-state index in [1.807, 2.05) is 6.08 Å². The van der Waals surface area contributed by atoms with E-state index in [1.54, 1.807) is 0 Å². The van der Waals surface area contributed by atoms with Crippen molar-refractivity contribution in [2.45, 2.75) is 18.9 Å². The van der Waals surface area contributed by atoms with Gasteiger partial charge in [0.1, 0.15) is 0 Å². The third kappa shape index (κ3) is 4.20. The Morgan fingerprint density at radius 3 is 2.93 bits per heavy atom. The molecule has 1 aromatic rings. The number of aliphatic hydroxyl groups excluding tert-OH is 1. The van der Waals surface area contributed by atoms with Crippen molar-refractivity contribution in [1.82, 2.24) is 0 Å². The van der Waals surface area contributed by atoms with Gasteiger partial charge in [0, 0.05) is 6.61 Å². The second kappa shape index (κ2) is 6.83. The fourth-order valence-corrected chi connectivity index (χ4v) is 3.98. The fourth-order valence-electron chi connectivity index (χ4n) is 1.52. The average Bonchev–Trinajstić information content (AvgIpc) is 2.27. The summed E-state index contributed by atoms with van der Waals surface area (Å²) >= 11 is 6.36. The van der Waals surface area contributed by atoms with Gasteiger partial charge in [0.2, 0.25) is 0 Å². The summed E-state index contributed by atoms with van der Waals surface area (Å²) in [5, 5.41) is 10.0. The highest BCUT2D eigenvalue weighted by molar-refractivity contribution is 7.14. The van der Waals surface area contributed by atoms with Crippen LogP contribution in [0.25, 0.3) is 0 Å². The molecule has 0 radical (unpaired) electrons. The number of aliphatic hydroxyl groups is 1. The number of hydrogen-bond donors (Lipinski definition) is 1. The molecule has 1 rings (SSSR count). The van der Waals surface area contributed by atoms with Crippen molar-refractivity contribution in [2.75, 3.05) is 6.61 Å². The van der Waals surface area contributed by atoms with Crippen LogP contribution in [0.2, 0.25) is 6.04 Å². The third-order valence-electron chi connectivity index (χ3n) is 2.31. The second-order valence-corrected chi connectivity index (χ2v) is 7.33. The Hall–Kier alpha value is -0.573. The first kappa shape index (κ1) is 12.5. The van der Waals surface area contributed by atoms with Crippen molar-refractivity contribution in [3.8, 4) is 0 Å². The van der Waals surface area contributed by atoms with Crippen LogP contribution in [-0.2, 0) is 6.42 Å². The highest BCUT2D eigenvalue weighted by Crippen LogP contribution is 2.06. The van der Waals surface area contributed by atoms with Gasteiger partial charge in [0.25, 0.3) is 0 Å². The first-order chi connectivity index (χ1) is 7.27. The quantitative estimate of drug-likeness (QED) is 0.458. The van der Waals surface area contributed by atoms with Crippen molar-refractivity contribution < 1.29 is 5.11 Å². The lowest BCUT2D eigenvalue weighted by Gasteiger charge is -2.08. The number of rotatable bonds is 6. The minimum absolute atomic E-state index is 0.239. The van der Waals surface area contributed by atoms with Crippen LogP contribution in [-0.4, -0.2) is 19.8 Å². The van der Waals surface area contributed by atoms with Crippen molar-refractivity contribution in [3.05, 3.63) is 42.5 Å². The van der Waals surface area contributed by atoms with Gasteiger partial charge in [-0.15, -0.1) is 6.58 Å². The highest BCUT2D eigenvalue weighted by Gasteiger charge is 2.09. The molecule has 0 saturated heterocycles. The summed E-state index contributed by atoms with van der Waals surface area (Å²) in [4.78, 5) is 0. The zero-order valence-corrected chi connectivity index (χ0v) is 10.7. The number of halogens is 1. The van der Waals surface area contributed by atoms with E-state index in [1.165, 1.54) is 10.8 Å². The smallest absolute Gasteiger partial charge is 0.171 e. The zero-order chi connectivity index (χ0) is 11.1. The van der Waals surface area contributed by atoms with Gasteiger partial charge >= 0.3 is 0 Å². The Labute approximate surface area is 97.7 Å². The molecule has 1 N–H and O–H groups in total. The molecule has 0 heterocycles. The first-order valence-electron chi connectivity index (χ1n) is 5.22. The van der Waals surface area contributed by atoms with Crippen LogP contribution in [0.5, 0.6) is 0 Å². The SMILES string of the molecule is C=CCc1cccc([SiH](Cl)CCCO)c1. The minimum Gasteiger partial charge on any atom is -0.396 e. The maximum atomic E-state index is 8.75. The van der Waals surface area contributed by atoms with Gasteiger partial charge in [-0.25, -0.2) is 0 Å². The highest BCUT2D eigenvalue weighted by atomic mass is 35.6. The van der Waals surface area contributed by atoms with Gasteiger partial charge in [-0.3, -0.25) is 0 Å². The van der Waals surface area contributed by atoms with Crippen LogP contribution < -0.4 is 5.19 Å². The van der Waals surface area contributed by atoms with Crippen molar-refractivity contribution in [3.63, 3.8) is 0 Å². The molecule has 82 valence electrons. The Bertz CT molecular complexity index is 314. The summed E-state index contributed by atoms with van der Waals surface area (Å²) < 4.78 is 0. The summed E-state index contributed by atoms with van der Waals surface area (Å²) in [6, 6.07) is 9.36. The van der Waals surface area contributed by atoms with E-state index in [-0.39, 0.29) is 6.61 Å². The molecule has 1 aromatic carbocycles. The van der Waals surface area contributed by atoms with Gasteiger partial charge in [0.05, 0.1) is 0 Å². The first-order valence-corrected chi connectivity index (χ1v) is 8.36. The number of hydrogen-bond acceptors (Lipinski definition) is 1. The van der Waals surface area contributed by atoms with Gasteiger partial charge in [-0.1, -0.05) is 30.3 Å². The summed E-state index contributed by atoms with van der Waals surface area (Å²) in [6.07, 6.45) is 3.61. The van der Waals surface area contributed by atoms with Gasteiger partial charge in [-0.2, -0.15) is 11.1 Å². The molecule has 0 aliphatic carbocycles. The van der Waals surface area contributed by atoms with Crippen LogP contribution in [0.4, 0.5) is 0 Å². The molecule has 15 heavy (non-hydrogen) atoms. The van der Waals surface area contributed by atoms with E-state index in [0.29, 0.717) is 0 Å². The predicted molar refractivity (Wildman–Crippen MR) is 69.5 cm³/mol. The number of allylic oxidation sites excluding steroid dienone is 1. The van der Waals surface area contributed by atoms with E-state index in [9.17, 15) is 0 Å². The van der Waals surface area contributed by atoms with Gasteiger partial charge < -0.3 is 5.11 Å². The molecule has 1 unspecified atom stereocenters. The molecule has 0 aliphatic rings. The van der Waals surface area contributed by atoms with E-state index in [4.69, 9.17) is 16.2 Å². The molecule has 0 amide bonds. The maximum Gasteiger partial charge on any atom is 0.171 e. The fraction of sp³-hybridized carbons (Fsp3) is 0.333. The Morgan fingerprint density at radius 1 is 1.47 bits per heavy atom. The summed E-state index contributed by atoms with van der Waals surface area (Å²) in [6.45, 7) is 3.96. The predicted octanol–water partition coefficient (Wildman–Crippen LogP) is 1.97. The van der Waals surface area contributed by atoms with E-state index >= 15 is 0 Å². The molecule has 3 heteroatoms. The molecule has 0 fully saturated rings. The van der Waals surface area contributed by atoms with Crippen molar-refractivity contribution >= 4 is 24.4 Å². The molecule has 1 nitrogen and oxygen atoms in total. The zero-order valence-electron chi connectivity index (χ0n) is 8.82. The van der Waals surface area contributed by atoms with Gasteiger partial charge in [-0.05, 0) is 29.6 Å². The second-order valence-electron chi connectivity index (χ2n) is 3.57. The summed E-state index contributed by atoms with van der Waals surface area (Å²) in [5.74, 6) is 0. The molecule has 0 bridgehead atoms. The monoisotopic (exact) mass is 240 g/mol. The third-order valence-corrected chi connectivity index (χ3v) is 5.72. The lowest BCUT2D eigenvalue weighted by molar-refractivity contribution is 0.295. The Balaban J connectivity index is 2.66. The standard InChI is InChI=1S/C12H17ClOSi/c1-2-5-11-6-3-7-12(10-11)15(13)9-4-8-14/h2-3,6-7,10,14-15H,1,4-5,8-9H2. The lowest BCUT2D eigenvalue weighted by Crippen LogP contribution is -2.24. The Morgan fingerprint density at radius 2 is 2.27 bits per heavy atom. The van der Waals surface area contributed by atoms with Gasteiger partial charge in [0.15, 0.2) is 8.11 Å². The van der Waals surface area contributed by atoms with Crippen molar-refractivity contribution in [1.29, 1.82) is 0 Å². The summed E-state index contributed by atoms with van der Waals surface area (Å²) in [5.41, 5.74) is 1.27. The van der Waals surface area contributed by atoms with E-state index in [2.05, 4.69) is 30.8 Å². The minimum atomic E-state index is -1.35. The molecule has 0 saturated carbocycles. The van der Waals surface area contributed by atoms with Crippen LogP contribution in [0.3, 0.4) is 0 Å². The maximum absolute atomic E-state index is 8.75. The molecular weight excluding hydrogens is 224 g/mol. The van der Waals surface area contributed by atoms with Crippen LogP contribution in [0.1, 0.15) is 12.0 Å². The Kier molecular flexibility index (Phi) is 5.69. The topological polar surface area (TPSA) is 20.2 Å². The van der Waals surface area contributed by atoms with E-state index in [0.717, 1.165) is 18.9 Å². The average molecular weight is 241 g/mol. The van der Waals surface area contributed by atoms with Crippen LogP contribution >= 0.6 is 11.1 Å². The molecular formula is C12H17ClOSi. The summed E-state index contributed by atoms with van der Waals surface area (Å²) in [7, 11) is -1.35. The largest absolute Gasteiger partial charge is 0.396 e. The van der Waals surface area contributed by atoms with Crippen molar-refractivity contribution in [2.24, 2.45) is 0 Å². The normalized spacial score (nSPS) is 12.4. The number of benzene rings is 1. The molecule has 0 spiro atoms. The molecule has 1 atom stereocenters. The lowest BCUT2D eigenvalue weighted by atomic mass is 10.1. The van der Waals surface area contributed by atoms with Crippen LogP contribution in [0, 0.1) is 0 Å². The molecule has 0 aromatic heterocycles.